The standard InChI is InChI=1S/C21H20F4N2O4/c1-2-30-15-7-9-16(10-8-15)31-12-13-3-5-14(6-4-13)19(28)27-21(29,20(24)25)11-17(26-27)18(22)23/h3-10,18,20,29H,2,11-12H2,1H3/t21-/m1/s1. The normalized spacial score (nSPS) is 18.5. The number of hydrogen-bond donors (Lipinski definition) is 1. The number of rotatable bonds is 8. The fraction of sp³-hybridized carbons (Fsp3) is 0.333. The number of ether oxygens (including phenoxy) is 2. The number of benzene rings is 2. The van der Waals surface area contributed by atoms with Gasteiger partial charge in [-0.15, -0.1) is 0 Å². The lowest BCUT2D eigenvalue weighted by molar-refractivity contribution is -0.164. The van der Waals surface area contributed by atoms with E-state index in [0.717, 1.165) is 0 Å². The number of carbonyl (C=O) groups is 1. The molecule has 1 aliphatic rings. The highest BCUT2D eigenvalue weighted by atomic mass is 19.3. The van der Waals surface area contributed by atoms with Crippen molar-refractivity contribution in [3.63, 3.8) is 0 Å². The summed E-state index contributed by atoms with van der Waals surface area (Å²) in [5.74, 6) is 0.190. The van der Waals surface area contributed by atoms with Gasteiger partial charge in [0.25, 0.3) is 18.8 Å². The number of hydrazone groups is 1. The summed E-state index contributed by atoms with van der Waals surface area (Å²) in [4.78, 5) is 12.5. The first-order valence-electron chi connectivity index (χ1n) is 9.39. The maximum Gasteiger partial charge on any atom is 0.287 e. The van der Waals surface area contributed by atoms with E-state index in [4.69, 9.17) is 9.47 Å². The molecule has 0 aliphatic carbocycles. The summed E-state index contributed by atoms with van der Waals surface area (Å²) < 4.78 is 63.3. The summed E-state index contributed by atoms with van der Waals surface area (Å²) in [7, 11) is 0. The zero-order chi connectivity index (χ0) is 22.6. The SMILES string of the molecule is CCOc1ccc(OCc2ccc(C(=O)N3N=C(C(F)F)C[C@@]3(O)C(F)F)cc2)cc1. The Morgan fingerprint density at radius 1 is 1.06 bits per heavy atom. The molecular weight excluding hydrogens is 420 g/mol. The minimum Gasteiger partial charge on any atom is -0.494 e. The van der Waals surface area contributed by atoms with Crippen molar-refractivity contribution in [2.75, 3.05) is 6.61 Å². The molecule has 1 heterocycles. The van der Waals surface area contributed by atoms with Crippen LogP contribution in [-0.4, -0.2) is 46.9 Å². The predicted molar refractivity (Wildman–Crippen MR) is 104 cm³/mol. The molecule has 31 heavy (non-hydrogen) atoms. The first kappa shape index (κ1) is 22.5. The van der Waals surface area contributed by atoms with Crippen LogP contribution >= 0.6 is 0 Å². The van der Waals surface area contributed by atoms with Gasteiger partial charge in [0.2, 0.25) is 5.72 Å². The number of alkyl halides is 4. The lowest BCUT2D eigenvalue weighted by Crippen LogP contribution is -2.51. The Balaban J connectivity index is 1.68. The molecule has 1 N–H and O–H groups in total. The Morgan fingerprint density at radius 2 is 1.65 bits per heavy atom. The summed E-state index contributed by atoms with van der Waals surface area (Å²) in [6.45, 7) is 2.59. The minimum absolute atomic E-state index is 0.0323. The Kier molecular flexibility index (Phi) is 6.79. The summed E-state index contributed by atoms with van der Waals surface area (Å²) in [6.07, 6.45) is -7.76. The van der Waals surface area contributed by atoms with Crippen molar-refractivity contribution in [2.45, 2.75) is 38.5 Å². The second kappa shape index (κ2) is 9.34. The van der Waals surface area contributed by atoms with Gasteiger partial charge in [-0.3, -0.25) is 4.79 Å². The van der Waals surface area contributed by atoms with Crippen LogP contribution in [0.4, 0.5) is 17.6 Å². The molecule has 0 spiro atoms. The molecule has 0 radical (unpaired) electrons. The Labute approximate surface area is 175 Å². The topological polar surface area (TPSA) is 71.4 Å². The fourth-order valence-corrected chi connectivity index (χ4v) is 2.93. The van der Waals surface area contributed by atoms with Crippen molar-refractivity contribution in [1.82, 2.24) is 5.01 Å². The van der Waals surface area contributed by atoms with Crippen molar-refractivity contribution < 1.29 is 36.9 Å². The van der Waals surface area contributed by atoms with Gasteiger partial charge in [0.15, 0.2) is 0 Å². The number of halogens is 4. The lowest BCUT2D eigenvalue weighted by Gasteiger charge is -2.30. The second-order valence-electron chi connectivity index (χ2n) is 6.76. The maximum absolute atomic E-state index is 13.3. The van der Waals surface area contributed by atoms with E-state index in [0.29, 0.717) is 23.7 Å². The largest absolute Gasteiger partial charge is 0.494 e. The van der Waals surface area contributed by atoms with Crippen LogP contribution in [0.5, 0.6) is 11.5 Å². The first-order valence-corrected chi connectivity index (χ1v) is 9.39. The predicted octanol–water partition coefficient (Wildman–Crippen LogP) is 4.09. The van der Waals surface area contributed by atoms with E-state index < -0.39 is 36.6 Å². The molecule has 0 fully saturated rings. The van der Waals surface area contributed by atoms with Crippen LogP contribution < -0.4 is 9.47 Å². The van der Waals surface area contributed by atoms with Crippen molar-refractivity contribution >= 4 is 11.6 Å². The van der Waals surface area contributed by atoms with Crippen LogP contribution in [0.1, 0.15) is 29.3 Å². The lowest BCUT2D eigenvalue weighted by atomic mass is 10.1. The van der Waals surface area contributed by atoms with E-state index in [2.05, 4.69) is 5.10 Å². The monoisotopic (exact) mass is 440 g/mol. The molecule has 1 amide bonds. The fourth-order valence-electron chi connectivity index (χ4n) is 2.93. The van der Waals surface area contributed by atoms with E-state index in [9.17, 15) is 27.5 Å². The third-order valence-electron chi connectivity index (χ3n) is 4.57. The zero-order valence-electron chi connectivity index (χ0n) is 16.5. The van der Waals surface area contributed by atoms with E-state index in [1.165, 1.54) is 24.3 Å². The van der Waals surface area contributed by atoms with E-state index in [-0.39, 0.29) is 17.2 Å². The van der Waals surface area contributed by atoms with Crippen LogP contribution in [0.3, 0.4) is 0 Å². The summed E-state index contributed by atoms with van der Waals surface area (Å²) in [6, 6.07) is 12.7. The molecular formula is C21H20F4N2O4. The van der Waals surface area contributed by atoms with Gasteiger partial charge in [0.05, 0.1) is 6.61 Å². The zero-order valence-corrected chi connectivity index (χ0v) is 16.5. The van der Waals surface area contributed by atoms with Gasteiger partial charge in [0.1, 0.15) is 23.8 Å². The van der Waals surface area contributed by atoms with E-state index >= 15 is 0 Å². The van der Waals surface area contributed by atoms with Gasteiger partial charge >= 0.3 is 0 Å². The molecule has 2 aromatic carbocycles. The van der Waals surface area contributed by atoms with Crippen LogP contribution in [0.2, 0.25) is 0 Å². The van der Waals surface area contributed by atoms with Gasteiger partial charge in [-0.1, -0.05) is 12.1 Å². The number of nitrogens with zero attached hydrogens (tertiary/aromatic N) is 2. The Bertz CT molecular complexity index is 935. The maximum atomic E-state index is 13.3. The third-order valence-corrected chi connectivity index (χ3v) is 4.57. The van der Waals surface area contributed by atoms with Gasteiger partial charge in [-0.25, -0.2) is 17.6 Å². The van der Waals surface area contributed by atoms with Crippen molar-refractivity contribution in [1.29, 1.82) is 0 Å². The van der Waals surface area contributed by atoms with Crippen molar-refractivity contribution in [3.05, 3.63) is 59.7 Å². The number of amides is 1. The quantitative estimate of drug-likeness (QED) is 0.628. The summed E-state index contributed by atoms with van der Waals surface area (Å²) in [5, 5.41) is 13.4. The Morgan fingerprint density at radius 3 is 2.16 bits per heavy atom. The molecule has 10 heteroatoms. The highest BCUT2D eigenvalue weighted by Crippen LogP contribution is 2.34. The van der Waals surface area contributed by atoms with Gasteiger partial charge in [-0.2, -0.15) is 10.1 Å². The molecule has 2 aromatic rings. The molecule has 1 aliphatic heterocycles. The highest BCUT2D eigenvalue weighted by molar-refractivity contribution is 5.99. The first-order chi connectivity index (χ1) is 14.7. The molecule has 0 bridgehead atoms. The van der Waals surface area contributed by atoms with Gasteiger partial charge < -0.3 is 14.6 Å². The number of aliphatic hydroxyl groups is 1. The smallest absolute Gasteiger partial charge is 0.287 e. The minimum atomic E-state index is -3.47. The van der Waals surface area contributed by atoms with Crippen LogP contribution in [0.15, 0.2) is 53.6 Å². The molecule has 0 unspecified atom stereocenters. The van der Waals surface area contributed by atoms with Crippen molar-refractivity contribution in [2.24, 2.45) is 5.10 Å². The third kappa shape index (κ3) is 4.96. The second-order valence-corrected chi connectivity index (χ2v) is 6.76. The van der Waals surface area contributed by atoms with E-state index in [1.54, 1.807) is 24.3 Å². The highest BCUT2D eigenvalue weighted by Gasteiger charge is 2.53. The van der Waals surface area contributed by atoms with E-state index in [1.807, 2.05) is 6.92 Å². The van der Waals surface area contributed by atoms with Crippen LogP contribution in [0.25, 0.3) is 0 Å². The molecule has 1 atom stereocenters. The Hall–Kier alpha value is -3.14. The summed E-state index contributed by atoms with van der Waals surface area (Å²) in [5.41, 5.74) is -3.51. The number of hydrogen-bond acceptors (Lipinski definition) is 5. The molecule has 6 nitrogen and oxygen atoms in total. The summed E-state index contributed by atoms with van der Waals surface area (Å²) >= 11 is 0. The molecule has 0 saturated heterocycles. The van der Waals surface area contributed by atoms with Gasteiger partial charge in [0, 0.05) is 12.0 Å². The average molecular weight is 440 g/mol. The van der Waals surface area contributed by atoms with Crippen LogP contribution in [-0.2, 0) is 6.61 Å². The molecule has 3 rings (SSSR count). The van der Waals surface area contributed by atoms with Crippen molar-refractivity contribution in [3.8, 4) is 11.5 Å². The van der Waals surface area contributed by atoms with Crippen LogP contribution in [0, 0.1) is 0 Å². The molecule has 166 valence electrons. The molecule has 0 aromatic heterocycles. The van der Waals surface area contributed by atoms with Gasteiger partial charge in [-0.05, 0) is 48.9 Å². The molecule has 0 saturated carbocycles. The average Bonchev–Trinajstić information content (AvgIpc) is 3.13. The number of carbonyl (C=O) groups excluding carboxylic acids is 1.